The molecule has 0 saturated carbocycles. The number of aliphatic carboxylic acids is 1. The Kier molecular flexibility index (Phi) is 3.45. The minimum Gasteiger partial charge on any atom is -0.480 e. The molecule has 0 spiro atoms. The monoisotopic (exact) mass is 282 g/mol. The maximum absolute atomic E-state index is 10.6. The predicted octanol–water partition coefficient (Wildman–Crippen LogP) is 0.252. The van der Waals surface area contributed by atoms with Crippen LogP contribution in [-0.2, 0) is 9.53 Å². The van der Waals surface area contributed by atoms with Crippen LogP contribution in [0.4, 0.5) is 17.3 Å². The highest BCUT2D eigenvalue weighted by molar-refractivity contribution is 5.68. The van der Waals surface area contributed by atoms with E-state index in [0.717, 1.165) is 0 Å². The van der Waals surface area contributed by atoms with E-state index < -0.39 is 16.5 Å². The van der Waals surface area contributed by atoms with Crippen molar-refractivity contribution >= 4 is 23.3 Å². The van der Waals surface area contributed by atoms with Gasteiger partial charge in [0, 0.05) is 19.2 Å². The van der Waals surface area contributed by atoms with Gasteiger partial charge in [-0.3, -0.25) is 10.1 Å². The number of anilines is 2. The molecule has 1 aliphatic rings. The number of carbonyl (C=O) groups is 1. The zero-order chi connectivity index (χ0) is 14.9. The topological polar surface area (TPSA) is 132 Å². The van der Waals surface area contributed by atoms with Crippen molar-refractivity contribution in [1.29, 1.82) is 0 Å². The van der Waals surface area contributed by atoms with Gasteiger partial charge in [0.05, 0.1) is 4.92 Å². The van der Waals surface area contributed by atoms with Crippen molar-refractivity contribution in [2.24, 2.45) is 0 Å². The third-order valence-corrected chi connectivity index (χ3v) is 3.00. The molecule has 0 aliphatic carbocycles. The number of aromatic nitrogens is 1. The molecule has 9 heteroatoms. The molecule has 0 bridgehead atoms. The van der Waals surface area contributed by atoms with E-state index in [9.17, 15) is 14.9 Å². The van der Waals surface area contributed by atoms with Gasteiger partial charge in [-0.25, -0.2) is 9.78 Å². The summed E-state index contributed by atoms with van der Waals surface area (Å²) >= 11 is 0. The quantitative estimate of drug-likeness (QED) is 0.580. The third kappa shape index (κ3) is 2.77. The van der Waals surface area contributed by atoms with E-state index in [1.807, 2.05) is 4.90 Å². The number of rotatable bonds is 5. The number of nitrogens with zero attached hydrogens (tertiary/aromatic N) is 3. The van der Waals surface area contributed by atoms with Gasteiger partial charge in [-0.1, -0.05) is 0 Å². The van der Waals surface area contributed by atoms with E-state index in [1.54, 1.807) is 6.92 Å². The van der Waals surface area contributed by atoms with E-state index in [1.165, 1.54) is 12.1 Å². The van der Waals surface area contributed by atoms with Gasteiger partial charge in [-0.2, -0.15) is 0 Å². The highest BCUT2D eigenvalue weighted by atomic mass is 16.6. The molecule has 0 amide bonds. The van der Waals surface area contributed by atoms with Crippen molar-refractivity contribution in [2.75, 3.05) is 30.3 Å². The van der Waals surface area contributed by atoms with Gasteiger partial charge < -0.3 is 20.5 Å². The number of nitrogen functional groups attached to an aromatic ring is 1. The normalized spacial score (nSPS) is 16.6. The molecular weight excluding hydrogens is 268 g/mol. The van der Waals surface area contributed by atoms with Crippen LogP contribution in [0.15, 0.2) is 12.1 Å². The lowest BCUT2D eigenvalue weighted by atomic mass is 9.96. The van der Waals surface area contributed by atoms with Crippen LogP contribution in [0, 0.1) is 10.1 Å². The Balaban J connectivity index is 2.00. The fraction of sp³-hybridized carbons (Fsp3) is 0.455. The first-order chi connectivity index (χ1) is 9.31. The summed E-state index contributed by atoms with van der Waals surface area (Å²) in [6.07, 6.45) is 0. The number of hydrogen-bond donors (Lipinski definition) is 2. The summed E-state index contributed by atoms with van der Waals surface area (Å²) in [4.78, 5) is 26.3. The molecule has 9 nitrogen and oxygen atoms in total. The Bertz CT molecular complexity index is 556. The molecule has 3 N–H and O–H groups in total. The van der Waals surface area contributed by atoms with Crippen molar-refractivity contribution in [1.82, 2.24) is 4.98 Å². The van der Waals surface area contributed by atoms with Gasteiger partial charge in [0.2, 0.25) is 5.82 Å². The molecule has 0 aromatic carbocycles. The molecule has 1 saturated heterocycles. The number of hydrogen-bond acceptors (Lipinski definition) is 7. The molecule has 20 heavy (non-hydrogen) atoms. The minimum atomic E-state index is -1.03. The van der Waals surface area contributed by atoms with Crippen LogP contribution in [0.1, 0.15) is 6.92 Å². The van der Waals surface area contributed by atoms with Gasteiger partial charge in [-0.15, -0.1) is 0 Å². The summed E-state index contributed by atoms with van der Waals surface area (Å²) in [6.45, 7) is 2.33. The second-order valence-electron chi connectivity index (χ2n) is 4.82. The first-order valence-electron chi connectivity index (χ1n) is 5.82. The molecule has 2 heterocycles. The van der Waals surface area contributed by atoms with Crippen molar-refractivity contribution in [2.45, 2.75) is 12.5 Å². The number of nitrogens with two attached hydrogens (primary N) is 1. The number of nitro groups is 1. The average Bonchev–Trinajstić information content (AvgIpc) is 2.32. The highest BCUT2D eigenvalue weighted by Gasteiger charge is 2.41. The van der Waals surface area contributed by atoms with Crippen LogP contribution in [-0.4, -0.2) is 46.3 Å². The molecule has 2 rings (SSSR count). The number of pyridine rings is 1. The molecule has 1 aromatic rings. The Hall–Kier alpha value is -2.42. The van der Waals surface area contributed by atoms with Crippen molar-refractivity contribution in [3.05, 3.63) is 22.2 Å². The number of carboxylic acids is 1. The SMILES string of the molecule is CC1(OCC(=O)O)CN(c2ccc([N+](=O)[O-])c(N)n2)C1. The van der Waals surface area contributed by atoms with Crippen molar-refractivity contribution in [3.8, 4) is 0 Å². The maximum Gasteiger partial charge on any atom is 0.329 e. The summed E-state index contributed by atoms with van der Waals surface area (Å²) in [5, 5.41) is 19.2. The summed E-state index contributed by atoms with van der Waals surface area (Å²) in [6, 6.07) is 2.80. The lowest BCUT2D eigenvalue weighted by Gasteiger charge is -2.47. The van der Waals surface area contributed by atoms with E-state index in [4.69, 9.17) is 15.6 Å². The Morgan fingerprint density at radius 3 is 2.80 bits per heavy atom. The van der Waals surface area contributed by atoms with Gasteiger partial charge in [-0.05, 0) is 13.0 Å². The first-order valence-corrected chi connectivity index (χ1v) is 5.82. The van der Waals surface area contributed by atoms with Gasteiger partial charge in [0.1, 0.15) is 18.0 Å². The summed E-state index contributed by atoms with van der Waals surface area (Å²) in [7, 11) is 0. The van der Waals surface area contributed by atoms with Gasteiger partial charge in [0.25, 0.3) is 0 Å². The summed E-state index contributed by atoms with van der Waals surface area (Å²) < 4.78 is 5.26. The fourth-order valence-corrected chi connectivity index (χ4v) is 2.04. The van der Waals surface area contributed by atoms with E-state index in [2.05, 4.69) is 4.98 Å². The average molecular weight is 282 g/mol. The van der Waals surface area contributed by atoms with E-state index in [0.29, 0.717) is 18.9 Å². The second kappa shape index (κ2) is 4.93. The minimum absolute atomic E-state index is 0.146. The molecule has 108 valence electrons. The first kappa shape index (κ1) is 14.0. The zero-order valence-corrected chi connectivity index (χ0v) is 10.8. The molecule has 0 radical (unpaired) electrons. The Morgan fingerprint density at radius 2 is 2.30 bits per heavy atom. The molecule has 1 fully saturated rings. The van der Waals surface area contributed by atoms with Crippen LogP contribution in [0.3, 0.4) is 0 Å². The molecule has 1 aromatic heterocycles. The summed E-state index contributed by atoms with van der Waals surface area (Å²) in [5.74, 6) is -0.667. The zero-order valence-electron chi connectivity index (χ0n) is 10.8. The van der Waals surface area contributed by atoms with Crippen LogP contribution in [0.5, 0.6) is 0 Å². The van der Waals surface area contributed by atoms with Gasteiger partial charge >= 0.3 is 11.7 Å². The third-order valence-electron chi connectivity index (χ3n) is 3.00. The lowest BCUT2D eigenvalue weighted by Crippen LogP contribution is -2.62. The fourth-order valence-electron chi connectivity index (χ4n) is 2.04. The molecule has 0 atom stereocenters. The van der Waals surface area contributed by atoms with E-state index >= 15 is 0 Å². The van der Waals surface area contributed by atoms with Crippen LogP contribution < -0.4 is 10.6 Å². The number of ether oxygens (including phenoxy) is 1. The van der Waals surface area contributed by atoms with E-state index in [-0.39, 0.29) is 18.1 Å². The second-order valence-corrected chi connectivity index (χ2v) is 4.82. The summed E-state index contributed by atoms with van der Waals surface area (Å²) in [5.41, 5.74) is 4.72. The standard InChI is InChI=1S/C11H14N4O5/c1-11(20-4-9(16)17)5-14(6-11)8-3-2-7(15(18)19)10(12)13-8/h2-3H,4-6H2,1H3,(H2,12,13)(H,16,17). The smallest absolute Gasteiger partial charge is 0.329 e. The van der Waals surface area contributed by atoms with Crippen LogP contribution >= 0.6 is 0 Å². The molecular formula is C11H14N4O5. The lowest BCUT2D eigenvalue weighted by molar-refractivity contribution is -0.384. The maximum atomic E-state index is 10.6. The largest absolute Gasteiger partial charge is 0.480 e. The van der Waals surface area contributed by atoms with Crippen LogP contribution in [0.25, 0.3) is 0 Å². The Labute approximate surface area is 114 Å². The highest BCUT2D eigenvalue weighted by Crippen LogP contribution is 2.31. The van der Waals surface area contributed by atoms with Crippen molar-refractivity contribution in [3.63, 3.8) is 0 Å². The molecule has 1 aliphatic heterocycles. The number of carboxylic acid groups (broad SMARTS) is 1. The predicted molar refractivity (Wildman–Crippen MR) is 69.5 cm³/mol. The molecule has 0 unspecified atom stereocenters. The van der Waals surface area contributed by atoms with Gasteiger partial charge in [0.15, 0.2) is 0 Å². The Morgan fingerprint density at radius 1 is 1.65 bits per heavy atom. The van der Waals surface area contributed by atoms with Crippen LogP contribution in [0.2, 0.25) is 0 Å². The van der Waals surface area contributed by atoms with Crippen molar-refractivity contribution < 1.29 is 19.6 Å².